The van der Waals surface area contributed by atoms with Gasteiger partial charge in [0.25, 0.3) is 5.69 Å². The Balaban J connectivity index is 1.56. The Morgan fingerprint density at radius 1 is 1.07 bits per heavy atom. The maximum Gasteiger partial charge on any atom is 0.272 e. The first-order valence-electron chi connectivity index (χ1n) is 8.46. The lowest BCUT2D eigenvalue weighted by atomic mass is 10.00. The van der Waals surface area contributed by atoms with E-state index in [1.165, 1.54) is 12.1 Å². The summed E-state index contributed by atoms with van der Waals surface area (Å²) in [6, 6.07) is 9.97. The molecule has 0 N–H and O–H groups in total. The van der Waals surface area contributed by atoms with Gasteiger partial charge in [0.2, 0.25) is 5.95 Å². The van der Waals surface area contributed by atoms with E-state index in [0.29, 0.717) is 18.2 Å². The monoisotopic (exact) mass is 416 g/mol. The lowest BCUT2D eigenvalue weighted by molar-refractivity contribution is -0.384. The smallest absolute Gasteiger partial charge is 0.272 e. The van der Waals surface area contributed by atoms with Crippen LogP contribution >= 0.6 is 23.2 Å². The maximum atomic E-state index is 10.9. The van der Waals surface area contributed by atoms with Gasteiger partial charge in [0.05, 0.1) is 15.0 Å². The summed E-state index contributed by atoms with van der Waals surface area (Å²) in [4.78, 5) is 21.1. The third kappa shape index (κ3) is 3.72. The van der Waals surface area contributed by atoms with Crippen LogP contribution in [0, 0.1) is 10.1 Å². The Morgan fingerprint density at radius 3 is 2.46 bits per heavy atom. The highest BCUT2D eigenvalue weighted by Gasteiger charge is 2.20. The molecule has 0 unspecified atom stereocenters. The van der Waals surface area contributed by atoms with Crippen LogP contribution in [0.5, 0.6) is 11.5 Å². The van der Waals surface area contributed by atoms with Gasteiger partial charge in [-0.05, 0) is 35.7 Å². The summed E-state index contributed by atoms with van der Waals surface area (Å²) < 4.78 is 5.83. The van der Waals surface area contributed by atoms with E-state index < -0.39 is 4.92 Å². The van der Waals surface area contributed by atoms with Crippen LogP contribution in [0.1, 0.15) is 11.1 Å². The number of benzene rings is 2. The molecule has 0 bridgehead atoms. The molecule has 0 radical (unpaired) electrons. The minimum atomic E-state index is -0.553. The summed E-state index contributed by atoms with van der Waals surface area (Å²) in [5.74, 6) is 1.47. The van der Waals surface area contributed by atoms with Crippen molar-refractivity contribution in [3.63, 3.8) is 0 Å². The number of fused-ring (bicyclic) bond motifs is 1. The van der Waals surface area contributed by atoms with Gasteiger partial charge in [-0.15, -0.1) is 0 Å². The molecule has 28 heavy (non-hydrogen) atoms. The number of hydrogen-bond acceptors (Lipinski definition) is 6. The van der Waals surface area contributed by atoms with Gasteiger partial charge < -0.3 is 9.64 Å². The van der Waals surface area contributed by atoms with E-state index in [-0.39, 0.29) is 21.5 Å². The summed E-state index contributed by atoms with van der Waals surface area (Å²) in [6.45, 7) is 1.50. The van der Waals surface area contributed by atoms with Gasteiger partial charge in [-0.3, -0.25) is 10.1 Å². The van der Waals surface area contributed by atoms with Crippen molar-refractivity contribution in [3.05, 3.63) is 80.1 Å². The number of nitro groups is 1. The van der Waals surface area contributed by atoms with E-state index in [1.807, 2.05) is 18.2 Å². The molecular weight excluding hydrogens is 403 g/mol. The molecule has 0 saturated carbocycles. The average molecular weight is 417 g/mol. The number of rotatable bonds is 4. The first kappa shape index (κ1) is 18.5. The number of ether oxygens (including phenoxy) is 1. The van der Waals surface area contributed by atoms with E-state index in [9.17, 15) is 10.1 Å². The number of hydrogen-bond donors (Lipinski definition) is 0. The normalized spacial score (nSPS) is 13.1. The van der Waals surface area contributed by atoms with Gasteiger partial charge in [0.15, 0.2) is 5.75 Å². The predicted molar refractivity (Wildman–Crippen MR) is 106 cm³/mol. The first-order chi connectivity index (χ1) is 13.5. The van der Waals surface area contributed by atoms with Crippen LogP contribution in [0.4, 0.5) is 11.6 Å². The third-order valence-corrected chi connectivity index (χ3v) is 5.00. The van der Waals surface area contributed by atoms with Crippen LogP contribution in [0.15, 0.2) is 48.8 Å². The number of aromatic nitrogens is 2. The topological polar surface area (TPSA) is 81.4 Å². The van der Waals surface area contributed by atoms with Gasteiger partial charge in [-0.1, -0.05) is 29.3 Å². The zero-order valence-corrected chi connectivity index (χ0v) is 16.0. The van der Waals surface area contributed by atoms with Gasteiger partial charge >= 0.3 is 0 Å². The fraction of sp³-hybridized carbons (Fsp3) is 0.158. The molecule has 0 atom stereocenters. The van der Waals surface area contributed by atoms with Crippen molar-refractivity contribution >= 4 is 34.8 Å². The molecule has 4 rings (SSSR count). The van der Waals surface area contributed by atoms with Crippen molar-refractivity contribution in [3.8, 4) is 11.5 Å². The molecule has 0 spiro atoms. The van der Waals surface area contributed by atoms with Gasteiger partial charge in [0.1, 0.15) is 5.75 Å². The van der Waals surface area contributed by atoms with Crippen LogP contribution in [-0.2, 0) is 13.0 Å². The minimum absolute atomic E-state index is 0.0873. The second-order valence-electron chi connectivity index (χ2n) is 6.25. The molecule has 7 nitrogen and oxygen atoms in total. The van der Waals surface area contributed by atoms with E-state index in [0.717, 1.165) is 24.1 Å². The van der Waals surface area contributed by atoms with Crippen LogP contribution in [0.25, 0.3) is 0 Å². The third-order valence-electron chi connectivity index (χ3n) is 4.44. The van der Waals surface area contributed by atoms with E-state index >= 15 is 0 Å². The van der Waals surface area contributed by atoms with Crippen molar-refractivity contribution in [1.29, 1.82) is 0 Å². The number of halogens is 2. The van der Waals surface area contributed by atoms with Crippen molar-refractivity contribution in [2.45, 2.75) is 13.0 Å². The van der Waals surface area contributed by atoms with Crippen LogP contribution in [0.2, 0.25) is 10.0 Å². The van der Waals surface area contributed by atoms with Crippen molar-refractivity contribution in [2.75, 3.05) is 11.4 Å². The molecular formula is C19H14Cl2N4O3. The molecule has 9 heteroatoms. The molecule has 0 fully saturated rings. The lowest BCUT2D eigenvalue weighted by Crippen LogP contribution is -2.31. The van der Waals surface area contributed by atoms with E-state index in [2.05, 4.69) is 14.9 Å². The zero-order valence-electron chi connectivity index (χ0n) is 14.5. The number of nitro benzene ring substituents is 1. The van der Waals surface area contributed by atoms with Crippen LogP contribution < -0.4 is 9.64 Å². The average Bonchev–Trinajstić information content (AvgIpc) is 2.70. The molecule has 0 aliphatic carbocycles. The first-order valence-corrected chi connectivity index (χ1v) is 9.22. The Bertz CT molecular complexity index is 1020. The van der Waals surface area contributed by atoms with Crippen LogP contribution in [0.3, 0.4) is 0 Å². The standard InChI is InChI=1S/C19H14Cl2N4O3/c20-16-9-14(25(26)27)10-17(21)18(16)28-15-3-2-13-11-24(7-4-12(13)8-15)19-22-5-1-6-23-19/h1-3,5-6,8-10H,4,7,11H2. The Kier molecular flexibility index (Phi) is 5.02. The summed E-state index contributed by atoms with van der Waals surface area (Å²) in [7, 11) is 0. The molecule has 1 aliphatic heterocycles. The molecule has 2 aromatic carbocycles. The Labute approximate surface area is 170 Å². The van der Waals surface area contributed by atoms with Crippen LogP contribution in [-0.4, -0.2) is 21.4 Å². The summed E-state index contributed by atoms with van der Waals surface area (Å²) in [5, 5.41) is 11.1. The van der Waals surface area contributed by atoms with E-state index in [4.69, 9.17) is 27.9 Å². The highest BCUT2D eigenvalue weighted by atomic mass is 35.5. The van der Waals surface area contributed by atoms with Crippen molar-refractivity contribution < 1.29 is 9.66 Å². The highest BCUT2D eigenvalue weighted by Crippen LogP contribution is 2.40. The molecule has 2 heterocycles. The van der Waals surface area contributed by atoms with Gasteiger partial charge in [-0.2, -0.15) is 0 Å². The molecule has 3 aromatic rings. The summed E-state index contributed by atoms with van der Waals surface area (Å²) in [6.07, 6.45) is 4.27. The Hall–Kier alpha value is -2.90. The molecule has 0 amide bonds. The van der Waals surface area contributed by atoms with Gasteiger partial charge in [0, 0.05) is 37.6 Å². The second-order valence-corrected chi connectivity index (χ2v) is 7.06. The van der Waals surface area contributed by atoms with Crippen molar-refractivity contribution in [1.82, 2.24) is 9.97 Å². The highest BCUT2D eigenvalue weighted by molar-refractivity contribution is 6.37. The largest absolute Gasteiger partial charge is 0.454 e. The fourth-order valence-electron chi connectivity index (χ4n) is 3.09. The number of nitrogens with zero attached hydrogens (tertiary/aromatic N) is 4. The second kappa shape index (κ2) is 7.61. The summed E-state index contributed by atoms with van der Waals surface area (Å²) in [5.41, 5.74) is 2.13. The molecule has 0 saturated heterocycles. The maximum absolute atomic E-state index is 10.9. The quantitative estimate of drug-likeness (QED) is 0.437. The minimum Gasteiger partial charge on any atom is -0.454 e. The zero-order chi connectivity index (χ0) is 19.7. The molecule has 1 aliphatic rings. The van der Waals surface area contributed by atoms with Gasteiger partial charge in [-0.25, -0.2) is 9.97 Å². The predicted octanol–water partition coefficient (Wildman–Crippen LogP) is 5.05. The number of non-ortho nitro benzene ring substituents is 1. The fourth-order valence-corrected chi connectivity index (χ4v) is 3.64. The Morgan fingerprint density at radius 2 is 1.79 bits per heavy atom. The molecule has 142 valence electrons. The number of anilines is 1. The lowest BCUT2D eigenvalue weighted by Gasteiger charge is -2.29. The molecule has 1 aromatic heterocycles. The SMILES string of the molecule is O=[N+]([O-])c1cc(Cl)c(Oc2ccc3c(c2)CCN(c2ncccn2)C3)c(Cl)c1. The van der Waals surface area contributed by atoms with Crippen molar-refractivity contribution in [2.24, 2.45) is 0 Å². The van der Waals surface area contributed by atoms with E-state index in [1.54, 1.807) is 18.5 Å². The summed E-state index contributed by atoms with van der Waals surface area (Å²) >= 11 is 12.2.